The molecule has 0 amide bonds. The van der Waals surface area contributed by atoms with Crippen molar-refractivity contribution >= 4 is 29.4 Å². The molecule has 1 N–H and O–H groups in total. The first-order chi connectivity index (χ1) is 10.8. The van der Waals surface area contributed by atoms with Crippen molar-refractivity contribution in [1.29, 1.82) is 0 Å². The van der Waals surface area contributed by atoms with Crippen molar-refractivity contribution < 1.29 is 31.8 Å². The Labute approximate surface area is 142 Å². The van der Waals surface area contributed by atoms with Crippen LogP contribution in [0, 0.1) is 0 Å². The van der Waals surface area contributed by atoms with Crippen LogP contribution in [0.15, 0.2) is 0 Å². The van der Waals surface area contributed by atoms with E-state index in [1.165, 1.54) is 9.34 Å². The molecule has 9 nitrogen and oxygen atoms in total. The molecule has 1 aliphatic heterocycles. The van der Waals surface area contributed by atoms with E-state index in [2.05, 4.69) is 4.89 Å². The van der Waals surface area contributed by atoms with Crippen molar-refractivity contribution in [2.75, 3.05) is 45.0 Å². The molecular formula is C11H24ClN2O7PS. The summed E-state index contributed by atoms with van der Waals surface area (Å²) in [6.07, 6.45) is -0.143. The predicted molar refractivity (Wildman–Crippen MR) is 85.8 cm³/mol. The highest BCUT2D eigenvalue weighted by Gasteiger charge is 2.44. The molecule has 1 rings (SSSR count). The minimum Gasteiger partial charge on any atom is -0.306 e. The Morgan fingerprint density at radius 2 is 2.22 bits per heavy atom. The third-order valence-corrected chi connectivity index (χ3v) is 7.57. The molecule has 23 heavy (non-hydrogen) atoms. The Bertz CT molecular complexity index is 507. The number of halogens is 1. The molecule has 0 saturated carbocycles. The fourth-order valence-corrected chi connectivity index (χ4v) is 5.71. The molecule has 1 saturated heterocycles. The van der Waals surface area contributed by atoms with Gasteiger partial charge in [0.05, 0.1) is 19.0 Å². The number of rotatable bonds is 10. The summed E-state index contributed by atoms with van der Waals surface area (Å²) in [4.78, 5) is 4.37. The quantitative estimate of drug-likeness (QED) is 0.194. The summed E-state index contributed by atoms with van der Waals surface area (Å²) in [5.74, 6) is 0.150. The lowest BCUT2D eigenvalue weighted by Crippen LogP contribution is -2.45. The van der Waals surface area contributed by atoms with Crippen LogP contribution in [0.3, 0.4) is 0 Å². The Balaban J connectivity index is 2.80. The summed E-state index contributed by atoms with van der Waals surface area (Å²) in [5.41, 5.74) is 0. The fourth-order valence-electron chi connectivity index (χ4n) is 2.15. The maximum Gasteiger partial charge on any atom is 0.348 e. The zero-order valence-corrected chi connectivity index (χ0v) is 15.7. The van der Waals surface area contributed by atoms with E-state index in [4.69, 9.17) is 25.6 Å². The molecule has 0 aliphatic carbocycles. The maximum absolute atomic E-state index is 13.1. The first-order valence-electron chi connectivity index (χ1n) is 7.27. The maximum atomic E-state index is 13.1. The lowest BCUT2D eigenvalue weighted by molar-refractivity contribution is -0.309. The van der Waals surface area contributed by atoms with Crippen molar-refractivity contribution in [3.05, 3.63) is 0 Å². The minimum atomic E-state index is -3.62. The molecule has 2 unspecified atom stereocenters. The Hall–Kier alpha value is 0.230. The van der Waals surface area contributed by atoms with E-state index in [0.29, 0.717) is 13.0 Å². The average Bonchev–Trinajstić information content (AvgIpc) is 2.48. The van der Waals surface area contributed by atoms with Gasteiger partial charge in [-0.05, 0) is 13.5 Å². The van der Waals surface area contributed by atoms with Gasteiger partial charge in [-0.25, -0.2) is 9.56 Å². The Morgan fingerprint density at radius 1 is 1.52 bits per heavy atom. The number of hydrogen-bond acceptors (Lipinski definition) is 7. The summed E-state index contributed by atoms with van der Waals surface area (Å²) < 4.78 is 49.2. The third kappa shape index (κ3) is 5.91. The van der Waals surface area contributed by atoms with Gasteiger partial charge in [0.15, 0.2) is 6.23 Å². The zero-order chi connectivity index (χ0) is 17.5. The van der Waals surface area contributed by atoms with E-state index in [-0.39, 0.29) is 37.8 Å². The number of hydrogen-bond donors (Lipinski definition) is 1. The van der Waals surface area contributed by atoms with Crippen LogP contribution in [0.25, 0.3) is 0 Å². The summed E-state index contributed by atoms with van der Waals surface area (Å²) in [6, 6.07) is 0. The van der Waals surface area contributed by atoms with Crippen LogP contribution in [0.2, 0.25) is 0 Å². The number of alkyl halides is 1. The fraction of sp³-hybridized carbons (Fsp3) is 1.00. The second-order valence-electron chi connectivity index (χ2n) is 4.99. The highest BCUT2D eigenvalue weighted by molar-refractivity contribution is 7.86. The molecule has 2 atom stereocenters. The van der Waals surface area contributed by atoms with Gasteiger partial charge in [-0.1, -0.05) is 6.92 Å². The highest BCUT2D eigenvalue weighted by atomic mass is 35.5. The summed E-state index contributed by atoms with van der Waals surface area (Å²) >= 11 is 5.67. The van der Waals surface area contributed by atoms with Crippen LogP contribution in [-0.4, -0.2) is 74.2 Å². The van der Waals surface area contributed by atoms with E-state index in [0.717, 1.165) is 0 Å². The Kier molecular flexibility index (Phi) is 8.92. The monoisotopic (exact) mass is 394 g/mol. The van der Waals surface area contributed by atoms with Crippen molar-refractivity contribution in [2.45, 2.75) is 26.0 Å². The van der Waals surface area contributed by atoms with Gasteiger partial charge in [-0.3, -0.25) is 14.0 Å². The largest absolute Gasteiger partial charge is 0.348 e. The van der Waals surface area contributed by atoms with E-state index < -0.39 is 24.0 Å². The second-order valence-corrected chi connectivity index (χ2v) is 9.56. The van der Waals surface area contributed by atoms with E-state index >= 15 is 0 Å². The topological polar surface area (TPSA) is 106 Å². The van der Waals surface area contributed by atoms with E-state index in [1.54, 1.807) is 14.0 Å². The van der Waals surface area contributed by atoms with Gasteiger partial charge in [0.2, 0.25) is 0 Å². The highest BCUT2D eigenvalue weighted by Crippen LogP contribution is 2.57. The van der Waals surface area contributed by atoms with E-state index in [9.17, 15) is 13.0 Å². The number of nitrogens with zero attached hydrogens (tertiary/aromatic N) is 2. The van der Waals surface area contributed by atoms with Gasteiger partial charge in [0.1, 0.15) is 0 Å². The van der Waals surface area contributed by atoms with Gasteiger partial charge in [0.25, 0.3) is 10.1 Å². The SMILES string of the molecule is CCCS(=O)(=O)OCCN1C(OO)CCOP1(=O)N(C)CCCl. The normalized spacial score (nSPS) is 26.7. The van der Waals surface area contributed by atoms with Crippen LogP contribution < -0.4 is 0 Å². The van der Waals surface area contributed by atoms with Gasteiger partial charge < -0.3 is 4.52 Å². The Morgan fingerprint density at radius 3 is 2.78 bits per heavy atom. The van der Waals surface area contributed by atoms with Crippen LogP contribution in [0.5, 0.6) is 0 Å². The van der Waals surface area contributed by atoms with Gasteiger partial charge >= 0.3 is 7.67 Å². The van der Waals surface area contributed by atoms with Crippen LogP contribution >= 0.6 is 19.3 Å². The lowest BCUT2D eigenvalue weighted by atomic mass is 10.4. The summed E-state index contributed by atoms with van der Waals surface area (Å²) in [5, 5.41) is 9.03. The smallest absolute Gasteiger partial charge is 0.306 e. The summed E-state index contributed by atoms with van der Waals surface area (Å²) in [7, 11) is -5.52. The molecule has 0 aromatic carbocycles. The van der Waals surface area contributed by atoms with Crippen LogP contribution in [0.4, 0.5) is 0 Å². The standard InChI is InChI=1S/C11H24ClN2O7PS/c1-3-10-23(17,18)20-9-7-14-11(21-15)4-8-19-22(14,16)13(2)6-5-12/h11,15H,3-10H2,1-2H3. The molecule has 0 bridgehead atoms. The van der Waals surface area contributed by atoms with Crippen molar-refractivity contribution in [1.82, 2.24) is 9.34 Å². The molecule has 0 spiro atoms. The van der Waals surface area contributed by atoms with Crippen molar-refractivity contribution in [3.63, 3.8) is 0 Å². The van der Waals surface area contributed by atoms with Gasteiger partial charge in [-0.2, -0.15) is 13.1 Å². The van der Waals surface area contributed by atoms with E-state index in [1.807, 2.05) is 0 Å². The molecule has 1 aliphatic rings. The van der Waals surface area contributed by atoms with Crippen molar-refractivity contribution in [2.24, 2.45) is 0 Å². The van der Waals surface area contributed by atoms with Gasteiger partial charge in [-0.15, -0.1) is 11.6 Å². The second kappa shape index (κ2) is 9.65. The lowest BCUT2D eigenvalue weighted by Gasteiger charge is -2.42. The first kappa shape index (κ1) is 21.3. The molecule has 12 heteroatoms. The average molecular weight is 395 g/mol. The summed E-state index contributed by atoms with van der Waals surface area (Å²) in [6.45, 7) is 1.90. The van der Waals surface area contributed by atoms with Crippen LogP contribution in [-0.2, 0) is 28.3 Å². The molecular weight excluding hydrogens is 371 g/mol. The first-order valence-corrected chi connectivity index (χ1v) is 10.9. The molecule has 1 heterocycles. The molecule has 0 aromatic rings. The minimum absolute atomic E-state index is 0.0436. The van der Waals surface area contributed by atoms with Gasteiger partial charge in [0, 0.05) is 25.4 Å². The predicted octanol–water partition coefficient (Wildman–Crippen LogP) is 1.56. The zero-order valence-electron chi connectivity index (χ0n) is 13.3. The molecule has 1 fully saturated rings. The third-order valence-electron chi connectivity index (χ3n) is 3.28. The van der Waals surface area contributed by atoms with Crippen molar-refractivity contribution in [3.8, 4) is 0 Å². The van der Waals surface area contributed by atoms with Crippen LogP contribution in [0.1, 0.15) is 19.8 Å². The molecule has 0 radical (unpaired) electrons. The molecule has 138 valence electrons. The molecule has 0 aromatic heterocycles.